The van der Waals surface area contributed by atoms with Gasteiger partial charge in [0.1, 0.15) is 5.01 Å². The summed E-state index contributed by atoms with van der Waals surface area (Å²) >= 11 is 7.07. The van der Waals surface area contributed by atoms with Crippen molar-refractivity contribution in [2.45, 2.75) is 26.9 Å². The first kappa shape index (κ1) is 12.2. The van der Waals surface area contributed by atoms with Crippen LogP contribution >= 0.6 is 38.6 Å². The zero-order valence-corrected chi connectivity index (χ0v) is 12.4. The molecule has 2 rings (SSSR count). The van der Waals surface area contributed by atoms with Crippen molar-refractivity contribution in [2.24, 2.45) is 0 Å². The van der Waals surface area contributed by atoms with Gasteiger partial charge in [0.25, 0.3) is 0 Å². The van der Waals surface area contributed by atoms with E-state index in [0.29, 0.717) is 0 Å². The molecule has 2 aromatic heterocycles. The molecule has 0 saturated carbocycles. The number of thiazole rings is 1. The summed E-state index contributed by atoms with van der Waals surface area (Å²) in [7, 11) is 0. The molecule has 0 aliphatic rings. The molecule has 0 radical (unpaired) electrons. The lowest BCUT2D eigenvalue weighted by molar-refractivity contribution is 0.696. The maximum Gasteiger partial charge on any atom is 0.107 e. The molecule has 0 amide bonds. The Labute approximate surface area is 112 Å². The fraction of sp³-hybridized carbons (Fsp3) is 0.364. The van der Waals surface area contributed by atoms with Crippen LogP contribution in [0.1, 0.15) is 20.5 Å². The molecule has 16 heavy (non-hydrogen) atoms. The molecule has 5 heteroatoms. The molecule has 0 aromatic carbocycles. The molecule has 0 saturated heterocycles. The van der Waals surface area contributed by atoms with Crippen molar-refractivity contribution < 1.29 is 0 Å². The van der Waals surface area contributed by atoms with Crippen LogP contribution in [0.25, 0.3) is 0 Å². The van der Waals surface area contributed by atoms with Gasteiger partial charge in [0.15, 0.2) is 0 Å². The van der Waals surface area contributed by atoms with E-state index >= 15 is 0 Å². The minimum absolute atomic E-state index is 0.854. The predicted molar refractivity (Wildman–Crippen MR) is 74.2 cm³/mol. The smallest absolute Gasteiger partial charge is 0.107 e. The van der Waals surface area contributed by atoms with Crippen LogP contribution in [0.5, 0.6) is 0 Å². The highest BCUT2D eigenvalue weighted by Gasteiger charge is 2.03. The van der Waals surface area contributed by atoms with Crippen molar-refractivity contribution in [3.63, 3.8) is 0 Å². The molecule has 0 unspecified atom stereocenters. The van der Waals surface area contributed by atoms with E-state index in [1.807, 2.05) is 18.3 Å². The molecule has 2 heterocycles. The highest BCUT2D eigenvalue weighted by Crippen LogP contribution is 2.26. The highest BCUT2D eigenvalue weighted by molar-refractivity contribution is 9.10. The van der Waals surface area contributed by atoms with Gasteiger partial charge in [0.05, 0.1) is 0 Å². The molecule has 0 bridgehead atoms. The quantitative estimate of drug-likeness (QED) is 0.926. The van der Waals surface area contributed by atoms with E-state index in [1.54, 1.807) is 11.3 Å². The SMILES string of the molecule is Cc1csc(CNCc2cc(Br)c(C)s2)n1. The zero-order valence-electron chi connectivity index (χ0n) is 9.21. The van der Waals surface area contributed by atoms with Gasteiger partial charge in [-0.2, -0.15) is 0 Å². The third-order valence-electron chi connectivity index (χ3n) is 2.15. The normalized spacial score (nSPS) is 10.9. The number of aryl methyl sites for hydroxylation is 2. The number of hydrogen-bond donors (Lipinski definition) is 1. The summed E-state index contributed by atoms with van der Waals surface area (Å²) in [6.45, 7) is 5.92. The van der Waals surface area contributed by atoms with Crippen LogP contribution < -0.4 is 5.32 Å². The van der Waals surface area contributed by atoms with Gasteiger partial charge < -0.3 is 5.32 Å². The minimum Gasteiger partial charge on any atom is -0.306 e. The minimum atomic E-state index is 0.854. The molecule has 0 fully saturated rings. The molecule has 0 aliphatic carbocycles. The van der Waals surface area contributed by atoms with E-state index in [1.165, 1.54) is 14.2 Å². The molecule has 2 nitrogen and oxygen atoms in total. The fourth-order valence-corrected chi connectivity index (χ4v) is 3.69. The van der Waals surface area contributed by atoms with Crippen molar-refractivity contribution in [1.29, 1.82) is 0 Å². The molecule has 0 aliphatic heterocycles. The molecule has 2 aromatic rings. The molecule has 0 atom stereocenters. The highest BCUT2D eigenvalue weighted by atomic mass is 79.9. The van der Waals surface area contributed by atoms with Crippen LogP contribution in [0, 0.1) is 13.8 Å². The van der Waals surface area contributed by atoms with Crippen molar-refractivity contribution in [3.05, 3.63) is 36.4 Å². The second-order valence-electron chi connectivity index (χ2n) is 3.60. The van der Waals surface area contributed by atoms with E-state index in [4.69, 9.17) is 0 Å². The van der Waals surface area contributed by atoms with Crippen molar-refractivity contribution >= 4 is 38.6 Å². The van der Waals surface area contributed by atoms with E-state index in [2.05, 4.69) is 44.6 Å². The van der Waals surface area contributed by atoms with Gasteiger partial charge >= 0.3 is 0 Å². The number of thiophene rings is 1. The third kappa shape index (κ3) is 3.13. The number of aromatic nitrogens is 1. The Morgan fingerprint density at radius 2 is 2.19 bits per heavy atom. The second-order valence-corrected chi connectivity index (χ2v) is 6.74. The topological polar surface area (TPSA) is 24.9 Å². The van der Waals surface area contributed by atoms with Gasteiger partial charge in [-0.1, -0.05) is 0 Å². The molecular formula is C11H13BrN2S2. The summed E-state index contributed by atoms with van der Waals surface area (Å²) in [4.78, 5) is 7.11. The molecular weight excluding hydrogens is 304 g/mol. The van der Waals surface area contributed by atoms with Crippen molar-refractivity contribution in [3.8, 4) is 0 Å². The first-order chi connectivity index (χ1) is 7.65. The molecule has 0 spiro atoms. The standard InChI is InChI=1S/C11H13BrN2S2/c1-7-6-15-11(14-7)5-13-4-9-3-10(12)8(2)16-9/h3,6,13H,4-5H2,1-2H3. The summed E-state index contributed by atoms with van der Waals surface area (Å²) in [6, 6.07) is 2.18. The van der Waals surface area contributed by atoms with Crippen LogP contribution in [0.15, 0.2) is 15.9 Å². The lowest BCUT2D eigenvalue weighted by atomic mass is 10.4. The molecule has 1 N–H and O–H groups in total. The third-order valence-corrected chi connectivity index (χ3v) is 5.25. The average Bonchev–Trinajstić information content (AvgIpc) is 2.75. The Morgan fingerprint density at radius 3 is 2.75 bits per heavy atom. The summed E-state index contributed by atoms with van der Waals surface area (Å²) in [6.07, 6.45) is 0. The van der Waals surface area contributed by atoms with Gasteiger partial charge in [0, 0.05) is 38.4 Å². The van der Waals surface area contributed by atoms with Gasteiger partial charge in [0.2, 0.25) is 0 Å². The van der Waals surface area contributed by atoms with E-state index < -0.39 is 0 Å². The summed E-state index contributed by atoms with van der Waals surface area (Å²) in [5, 5.41) is 6.65. The van der Waals surface area contributed by atoms with Crippen LogP contribution in [0.2, 0.25) is 0 Å². The van der Waals surface area contributed by atoms with E-state index in [9.17, 15) is 0 Å². The Hall–Kier alpha value is -0.230. The Morgan fingerprint density at radius 1 is 1.38 bits per heavy atom. The van der Waals surface area contributed by atoms with Crippen LogP contribution in [-0.4, -0.2) is 4.98 Å². The summed E-state index contributed by atoms with van der Waals surface area (Å²) in [5.74, 6) is 0. The van der Waals surface area contributed by atoms with Gasteiger partial charge in [-0.3, -0.25) is 0 Å². The monoisotopic (exact) mass is 316 g/mol. The first-order valence-electron chi connectivity index (χ1n) is 5.01. The van der Waals surface area contributed by atoms with Gasteiger partial charge in [-0.25, -0.2) is 4.98 Å². The number of rotatable bonds is 4. The Kier molecular flexibility index (Phi) is 4.13. The van der Waals surface area contributed by atoms with Crippen molar-refractivity contribution in [2.75, 3.05) is 0 Å². The average molecular weight is 317 g/mol. The number of halogens is 1. The van der Waals surface area contributed by atoms with Crippen molar-refractivity contribution in [1.82, 2.24) is 10.3 Å². The number of hydrogen-bond acceptors (Lipinski definition) is 4. The van der Waals surface area contributed by atoms with E-state index in [0.717, 1.165) is 23.8 Å². The number of nitrogens with one attached hydrogen (secondary N) is 1. The van der Waals surface area contributed by atoms with Crippen LogP contribution in [-0.2, 0) is 13.1 Å². The Balaban J connectivity index is 1.84. The summed E-state index contributed by atoms with van der Waals surface area (Å²) in [5.41, 5.74) is 1.11. The van der Waals surface area contributed by atoms with Crippen LogP contribution in [0.4, 0.5) is 0 Å². The maximum absolute atomic E-state index is 4.41. The lowest BCUT2D eigenvalue weighted by Crippen LogP contribution is -2.11. The molecule has 86 valence electrons. The largest absolute Gasteiger partial charge is 0.306 e. The summed E-state index contributed by atoms with van der Waals surface area (Å²) < 4.78 is 1.21. The van der Waals surface area contributed by atoms with E-state index in [-0.39, 0.29) is 0 Å². The second kappa shape index (κ2) is 5.40. The zero-order chi connectivity index (χ0) is 11.5. The lowest BCUT2D eigenvalue weighted by Gasteiger charge is -1.99. The fourth-order valence-electron chi connectivity index (χ4n) is 1.38. The van der Waals surface area contributed by atoms with Crippen LogP contribution in [0.3, 0.4) is 0 Å². The Bertz CT molecular complexity index is 457. The first-order valence-corrected chi connectivity index (χ1v) is 7.50. The predicted octanol–water partition coefficient (Wildman–Crippen LogP) is 3.87. The number of nitrogens with zero attached hydrogens (tertiary/aromatic N) is 1. The van der Waals surface area contributed by atoms with Gasteiger partial charge in [-0.05, 0) is 35.8 Å². The maximum atomic E-state index is 4.41. The van der Waals surface area contributed by atoms with Gasteiger partial charge in [-0.15, -0.1) is 22.7 Å².